The number of rotatable bonds is 5. The van der Waals surface area contributed by atoms with Crippen LogP contribution in [-0.4, -0.2) is 23.1 Å². The highest BCUT2D eigenvalue weighted by molar-refractivity contribution is 5.92. The summed E-state index contributed by atoms with van der Waals surface area (Å²) in [6.45, 7) is 5.20. The molecule has 2 unspecified atom stereocenters. The number of carboxylic acid groups (broad SMARTS) is 1. The summed E-state index contributed by atoms with van der Waals surface area (Å²) < 4.78 is 13.3. The molecule has 0 radical (unpaired) electrons. The number of halogens is 1. The molecule has 6 heteroatoms. The molecule has 0 fully saturated rings. The van der Waals surface area contributed by atoms with Crippen LogP contribution in [0.2, 0.25) is 0 Å². The molecule has 1 aromatic carbocycles. The maximum Gasteiger partial charge on any atom is 0.326 e. The lowest BCUT2D eigenvalue weighted by atomic mass is 9.99. The Morgan fingerprint density at radius 1 is 1.40 bits per heavy atom. The number of carboxylic acids is 1. The number of nitrogens with one attached hydrogen (secondary N) is 2. The molecule has 0 aliphatic heterocycles. The zero-order chi connectivity index (χ0) is 15.3. The summed E-state index contributed by atoms with van der Waals surface area (Å²) in [6.07, 6.45) is 0.621. The first-order valence-corrected chi connectivity index (χ1v) is 6.41. The van der Waals surface area contributed by atoms with E-state index in [2.05, 4.69) is 10.6 Å². The quantitative estimate of drug-likeness (QED) is 0.777. The van der Waals surface area contributed by atoms with Crippen LogP contribution in [0.15, 0.2) is 18.2 Å². The van der Waals surface area contributed by atoms with E-state index in [9.17, 15) is 14.0 Å². The van der Waals surface area contributed by atoms with Gasteiger partial charge in [-0.1, -0.05) is 26.3 Å². The zero-order valence-electron chi connectivity index (χ0n) is 11.7. The van der Waals surface area contributed by atoms with Crippen molar-refractivity contribution in [2.75, 3.05) is 5.32 Å². The van der Waals surface area contributed by atoms with Crippen molar-refractivity contribution in [3.05, 3.63) is 29.6 Å². The maximum atomic E-state index is 13.3. The third-order valence-electron chi connectivity index (χ3n) is 3.20. The number of hydrogen-bond donors (Lipinski definition) is 3. The molecule has 1 rings (SSSR count). The zero-order valence-corrected chi connectivity index (χ0v) is 11.7. The van der Waals surface area contributed by atoms with Crippen molar-refractivity contribution in [2.45, 2.75) is 33.2 Å². The van der Waals surface area contributed by atoms with Crippen molar-refractivity contribution in [2.24, 2.45) is 5.92 Å². The third kappa shape index (κ3) is 4.22. The molecule has 3 N–H and O–H groups in total. The number of amides is 2. The van der Waals surface area contributed by atoms with E-state index in [1.54, 1.807) is 19.9 Å². The fourth-order valence-corrected chi connectivity index (χ4v) is 1.66. The van der Waals surface area contributed by atoms with Crippen molar-refractivity contribution in [1.82, 2.24) is 5.32 Å². The predicted molar refractivity (Wildman–Crippen MR) is 74.2 cm³/mol. The van der Waals surface area contributed by atoms with Gasteiger partial charge >= 0.3 is 12.0 Å². The Morgan fingerprint density at radius 2 is 2.05 bits per heavy atom. The lowest BCUT2D eigenvalue weighted by Gasteiger charge is -2.20. The summed E-state index contributed by atoms with van der Waals surface area (Å²) in [5.74, 6) is -1.72. The van der Waals surface area contributed by atoms with Gasteiger partial charge in [-0.25, -0.2) is 14.0 Å². The minimum absolute atomic E-state index is 0.201. The van der Waals surface area contributed by atoms with Gasteiger partial charge in [0.15, 0.2) is 0 Å². The van der Waals surface area contributed by atoms with Crippen molar-refractivity contribution < 1.29 is 19.1 Å². The van der Waals surface area contributed by atoms with Crippen LogP contribution < -0.4 is 10.6 Å². The highest BCUT2D eigenvalue weighted by Gasteiger charge is 2.25. The Hall–Kier alpha value is -2.11. The molecule has 0 aromatic heterocycles. The molecule has 20 heavy (non-hydrogen) atoms. The largest absolute Gasteiger partial charge is 0.480 e. The first kappa shape index (κ1) is 15.9. The van der Waals surface area contributed by atoms with E-state index in [1.807, 2.05) is 6.92 Å². The van der Waals surface area contributed by atoms with Gasteiger partial charge in [-0.3, -0.25) is 0 Å². The Balaban J connectivity index is 2.70. The summed E-state index contributed by atoms with van der Waals surface area (Å²) in [5.41, 5.74) is 0.748. The van der Waals surface area contributed by atoms with E-state index in [0.29, 0.717) is 12.0 Å². The average Bonchev–Trinajstić information content (AvgIpc) is 2.39. The molecule has 0 saturated heterocycles. The van der Waals surface area contributed by atoms with E-state index >= 15 is 0 Å². The third-order valence-corrected chi connectivity index (χ3v) is 3.20. The standard InChI is InChI=1S/C14H19FN2O3/c1-4-8(2)12(13(18)19)17-14(20)16-10-6-5-9(3)11(15)7-10/h5-8,12H,4H2,1-3H3,(H,18,19)(H2,16,17,20). The smallest absolute Gasteiger partial charge is 0.326 e. The van der Waals surface area contributed by atoms with Crippen LogP contribution in [0.25, 0.3) is 0 Å². The van der Waals surface area contributed by atoms with Crippen LogP contribution in [0, 0.1) is 18.7 Å². The van der Waals surface area contributed by atoms with Gasteiger partial charge in [-0.15, -0.1) is 0 Å². The summed E-state index contributed by atoms with van der Waals surface area (Å²) in [5, 5.41) is 13.9. The Morgan fingerprint density at radius 3 is 2.55 bits per heavy atom. The second kappa shape index (κ2) is 6.88. The minimum atomic E-state index is -1.09. The number of carbonyl (C=O) groups excluding carboxylic acids is 1. The molecule has 0 saturated carbocycles. The highest BCUT2D eigenvalue weighted by Crippen LogP contribution is 2.14. The molecule has 0 spiro atoms. The summed E-state index contributed by atoms with van der Waals surface area (Å²) in [7, 11) is 0. The Bertz CT molecular complexity index is 505. The van der Waals surface area contributed by atoms with Crippen molar-refractivity contribution >= 4 is 17.7 Å². The summed E-state index contributed by atoms with van der Waals surface area (Å²) in [4.78, 5) is 22.8. The SMILES string of the molecule is CCC(C)C(NC(=O)Nc1ccc(C)c(F)c1)C(=O)O. The average molecular weight is 282 g/mol. The fourth-order valence-electron chi connectivity index (χ4n) is 1.66. The van der Waals surface area contributed by atoms with Gasteiger partial charge in [-0.05, 0) is 30.5 Å². The van der Waals surface area contributed by atoms with Gasteiger partial charge in [0.1, 0.15) is 11.9 Å². The first-order chi connectivity index (χ1) is 9.35. The van der Waals surface area contributed by atoms with Gasteiger partial charge in [0.25, 0.3) is 0 Å². The van der Waals surface area contributed by atoms with E-state index in [0.717, 1.165) is 0 Å². The molecule has 0 bridgehead atoms. The second-order valence-corrected chi connectivity index (χ2v) is 4.76. The second-order valence-electron chi connectivity index (χ2n) is 4.76. The van der Waals surface area contributed by atoms with E-state index in [1.165, 1.54) is 12.1 Å². The minimum Gasteiger partial charge on any atom is -0.480 e. The first-order valence-electron chi connectivity index (χ1n) is 6.41. The highest BCUT2D eigenvalue weighted by atomic mass is 19.1. The Kier molecular flexibility index (Phi) is 5.49. The van der Waals surface area contributed by atoms with Crippen LogP contribution in [-0.2, 0) is 4.79 Å². The van der Waals surface area contributed by atoms with E-state index in [4.69, 9.17) is 5.11 Å². The number of carbonyl (C=O) groups is 2. The molecule has 2 atom stereocenters. The molecule has 0 aliphatic rings. The van der Waals surface area contributed by atoms with Crippen LogP contribution in [0.4, 0.5) is 14.9 Å². The lowest BCUT2D eigenvalue weighted by molar-refractivity contribution is -0.140. The molecular formula is C14H19FN2O3. The summed E-state index contributed by atoms with van der Waals surface area (Å²) >= 11 is 0. The van der Waals surface area contributed by atoms with Gasteiger partial charge in [0.05, 0.1) is 0 Å². The molecule has 5 nitrogen and oxygen atoms in total. The van der Waals surface area contributed by atoms with Crippen LogP contribution >= 0.6 is 0 Å². The monoisotopic (exact) mass is 282 g/mol. The van der Waals surface area contributed by atoms with Crippen molar-refractivity contribution in [3.8, 4) is 0 Å². The fraction of sp³-hybridized carbons (Fsp3) is 0.429. The van der Waals surface area contributed by atoms with Crippen molar-refractivity contribution in [1.29, 1.82) is 0 Å². The maximum absolute atomic E-state index is 13.3. The van der Waals surface area contributed by atoms with E-state index < -0.39 is 23.9 Å². The molecular weight excluding hydrogens is 263 g/mol. The molecule has 0 heterocycles. The molecule has 110 valence electrons. The van der Waals surface area contributed by atoms with E-state index in [-0.39, 0.29) is 11.6 Å². The van der Waals surface area contributed by atoms with Crippen LogP contribution in [0.5, 0.6) is 0 Å². The molecule has 2 amide bonds. The van der Waals surface area contributed by atoms with Gasteiger partial charge in [-0.2, -0.15) is 0 Å². The number of benzene rings is 1. The number of anilines is 1. The number of urea groups is 1. The Labute approximate surface area is 117 Å². The molecule has 0 aliphatic carbocycles. The van der Waals surface area contributed by atoms with Gasteiger partial charge in [0, 0.05) is 5.69 Å². The lowest BCUT2D eigenvalue weighted by Crippen LogP contribution is -2.46. The van der Waals surface area contributed by atoms with Crippen LogP contribution in [0.3, 0.4) is 0 Å². The number of aryl methyl sites for hydroxylation is 1. The summed E-state index contributed by atoms with van der Waals surface area (Å²) in [6, 6.07) is 2.63. The van der Waals surface area contributed by atoms with Gasteiger partial charge < -0.3 is 15.7 Å². The van der Waals surface area contributed by atoms with Crippen LogP contribution in [0.1, 0.15) is 25.8 Å². The normalized spacial score (nSPS) is 13.4. The number of hydrogen-bond acceptors (Lipinski definition) is 2. The predicted octanol–water partition coefficient (Wildman–Crippen LogP) is 2.75. The topological polar surface area (TPSA) is 78.4 Å². The number of aliphatic carboxylic acids is 1. The van der Waals surface area contributed by atoms with Gasteiger partial charge in [0.2, 0.25) is 0 Å². The van der Waals surface area contributed by atoms with Crippen molar-refractivity contribution in [3.63, 3.8) is 0 Å². The molecule has 1 aromatic rings.